The molecule has 0 aromatic heterocycles. The summed E-state index contributed by atoms with van der Waals surface area (Å²) in [5.41, 5.74) is 0. The van der Waals surface area contributed by atoms with E-state index in [1.807, 2.05) is 0 Å². The van der Waals surface area contributed by atoms with Crippen LogP contribution < -0.4 is 0 Å². The molecule has 0 spiro atoms. The molecule has 1 rings (SSSR count). The van der Waals surface area contributed by atoms with E-state index >= 15 is 0 Å². The molecule has 1 heterocycles. The van der Waals surface area contributed by atoms with Crippen molar-refractivity contribution in [3.63, 3.8) is 0 Å². The number of carboxylic acids is 1. The number of rotatable bonds is 2. The molecule has 1 aliphatic rings. The van der Waals surface area contributed by atoms with Gasteiger partial charge in [0.05, 0.1) is 0 Å². The number of nitrogens with zero attached hydrogens (tertiary/aromatic N) is 1. The van der Waals surface area contributed by atoms with E-state index in [2.05, 4.69) is 0 Å². The van der Waals surface area contributed by atoms with Crippen LogP contribution in [0, 0.1) is 5.92 Å². The van der Waals surface area contributed by atoms with Gasteiger partial charge in [0.2, 0.25) is 5.91 Å². The van der Waals surface area contributed by atoms with Crippen molar-refractivity contribution in [2.75, 3.05) is 13.6 Å². The van der Waals surface area contributed by atoms with Crippen LogP contribution in [0.25, 0.3) is 0 Å². The highest BCUT2D eigenvalue weighted by Crippen LogP contribution is 2.16. The quantitative estimate of drug-likeness (QED) is 0.432. The predicted molar refractivity (Wildman–Crippen MR) is 38.4 cm³/mol. The summed E-state index contributed by atoms with van der Waals surface area (Å²) >= 11 is 0. The lowest BCUT2D eigenvalue weighted by Gasteiger charge is -2.06. The molecule has 0 aliphatic carbocycles. The van der Waals surface area contributed by atoms with Gasteiger partial charge in [0, 0.05) is 13.6 Å². The van der Waals surface area contributed by atoms with Crippen LogP contribution in [0.5, 0.6) is 0 Å². The number of likely N-dealkylation sites (tertiary alicyclic amines) is 1. The minimum Gasteiger partial charge on any atom is -0.475 e. The highest BCUT2D eigenvalue weighted by atomic mass is 16.4. The Morgan fingerprint density at radius 1 is 1.58 bits per heavy atom. The highest BCUT2D eigenvalue weighted by molar-refractivity contribution is 6.37. The largest absolute Gasteiger partial charge is 0.475 e. The number of hydrogen-bond acceptors (Lipinski definition) is 3. The molecule has 0 radical (unpaired) electrons. The zero-order valence-electron chi connectivity index (χ0n) is 6.61. The lowest BCUT2D eigenvalue weighted by atomic mass is 10.0. The molecular formula is C7H9NO4. The van der Waals surface area contributed by atoms with Crippen molar-refractivity contribution in [2.24, 2.45) is 5.92 Å². The van der Waals surface area contributed by atoms with Crippen LogP contribution in [0.4, 0.5) is 0 Å². The third-order valence-corrected chi connectivity index (χ3v) is 1.95. The van der Waals surface area contributed by atoms with Crippen LogP contribution in [0.1, 0.15) is 6.42 Å². The third kappa shape index (κ3) is 1.30. The molecule has 5 heteroatoms. The Bertz CT molecular complexity index is 248. The summed E-state index contributed by atoms with van der Waals surface area (Å²) in [5, 5.41) is 8.33. The fourth-order valence-electron chi connectivity index (χ4n) is 1.21. The van der Waals surface area contributed by atoms with Crippen molar-refractivity contribution in [1.29, 1.82) is 0 Å². The Kier molecular flexibility index (Phi) is 2.12. The van der Waals surface area contributed by atoms with Crippen LogP contribution in [0.15, 0.2) is 0 Å². The number of amides is 1. The molecule has 1 fully saturated rings. The third-order valence-electron chi connectivity index (χ3n) is 1.95. The second kappa shape index (κ2) is 2.92. The summed E-state index contributed by atoms with van der Waals surface area (Å²) < 4.78 is 0. The molecule has 0 saturated carbocycles. The second-order valence-electron chi connectivity index (χ2n) is 2.77. The van der Waals surface area contributed by atoms with Gasteiger partial charge in [-0.2, -0.15) is 0 Å². The first kappa shape index (κ1) is 8.70. The molecule has 1 amide bonds. The molecule has 0 aromatic rings. The molecule has 12 heavy (non-hydrogen) atoms. The topological polar surface area (TPSA) is 74.7 Å². The van der Waals surface area contributed by atoms with Crippen LogP contribution >= 0.6 is 0 Å². The summed E-state index contributed by atoms with van der Waals surface area (Å²) in [6.07, 6.45) is 0.320. The predicted octanol–water partition coefficient (Wildman–Crippen LogP) is -0.882. The van der Waals surface area contributed by atoms with E-state index in [0.29, 0.717) is 13.0 Å². The standard InChI is InChI=1S/C7H9NO4/c1-8-3-2-4(6(8)10)5(9)7(11)12/h4H,2-3H2,1H3,(H,11,12)/t4-/m1/s1. The zero-order chi connectivity index (χ0) is 9.30. The van der Waals surface area contributed by atoms with Crippen molar-refractivity contribution < 1.29 is 19.5 Å². The van der Waals surface area contributed by atoms with E-state index in [4.69, 9.17) is 5.11 Å². The van der Waals surface area contributed by atoms with Crippen molar-refractivity contribution in [3.8, 4) is 0 Å². The van der Waals surface area contributed by atoms with Crippen molar-refractivity contribution in [3.05, 3.63) is 0 Å². The van der Waals surface area contributed by atoms with Crippen molar-refractivity contribution in [1.82, 2.24) is 4.90 Å². The zero-order valence-corrected chi connectivity index (χ0v) is 6.61. The van der Waals surface area contributed by atoms with E-state index in [0.717, 1.165) is 0 Å². The molecular weight excluding hydrogens is 162 g/mol. The highest BCUT2D eigenvalue weighted by Gasteiger charge is 2.37. The van der Waals surface area contributed by atoms with Gasteiger partial charge in [0.15, 0.2) is 0 Å². The molecule has 5 nitrogen and oxygen atoms in total. The number of ketones is 1. The molecule has 0 aromatic carbocycles. The number of aliphatic carboxylic acids is 1. The Labute approximate surface area is 69.0 Å². The van der Waals surface area contributed by atoms with Gasteiger partial charge in [0.25, 0.3) is 5.78 Å². The molecule has 66 valence electrons. The fourth-order valence-corrected chi connectivity index (χ4v) is 1.21. The first-order chi connectivity index (χ1) is 5.54. The summed E-state index contributed by atoms with van der Waals surface area (Å²) in [6, 6.07) is 0. The van der Waals surface area contributed by atoms with Crippen molar-refractivity contribution in [2.45, 2.75) is 6.42 Å². The molecule has 1 N–H and O–H groups in total. The average molecular weight is 171 g/mol. The number of carbonyl (C=O) groups is 3. The summed E-state index contributed by atoms with van der Waals surface area (Å²) in [5.74, 6) is -3.86. The molecule has 1 atom stereocenters. The van der Waals surface area contributed by atoms with Gasteiger partial charge in [0.1, 0.15) is 5.92 Å². The van der Waals surface area contributed by atoms with Gasteiger partial charge in [-0.25, -0.2) is 4.79 Å². The summed E-state index contributed by atoms with van der Waals surface area (Å²) in [7, 11) is 1.55. The maximum absolute atomic E-state index is 11.1. The van der Waals surface area contributed by atoms with E-state index in [9.17, 15) is 14.4 Å². The van der Waals surface area contributed by atoms with Gasteiger partial charge in [-0.15, -0.1) is 0 Å². The van der Waals surface area contributed by atoms with Gasteiger partial charge >= 0.3 is 5.97 Å². The lowest BCUT2D eigenvalue weighted by Crippen LogP contribution is -2.31. The fraction of sp³-hybridized carbons (Fsp3) is 0.571. The Hall–Kier alpha value is -1.39. The number of carbonyl (C=O) groups excluding carboxylic acids is 2. The van der Waals surface area contributed by atoms with Crippen LogP contribution in [-0.4, -0.2) is 41.3 Å². The maximum atomic E-state index is 11.1. The SMILES string of the molecule is CN1CC[C@H](C(=O)C(=O)O)C1=O. The van der Waals surface area contributed by atoms with E-state index in [-0.39, 0.29) is 5.91 Å². The minimum atomic E-state index is -1.52. The van der Waals surface area contributed by atoms with Gasteiger partial charge in [-0.05, 0) is 6.42 Å². The average Bonchev–Trinajstić information content (AvgIpc) is 2.32. The van der Waals surface area contributed by atoms with Gasteiger partial charge < -0.3 is 10.0 Å². The molecule has 0 unspecified atom stereocenters. The van der Waals surface area contributed by atoms with Crippen LogP contribution in [-0.2, 0) is 14.4 Å². The Morgan fingerprint density at radius 3 is 2.50 bits per heavy atom. The number of Topliss-reactive ketones (excluding diaryl/α,β-unsaturated/α-hetero) is 1. The number of hydrogen-bond donors (Lipinski definition) is 1. The molecule has 0 bridgehead atoms. The molecule has 1 saturated heterocycles. The van der Waals surface area contributed by atoms with Crippen LogP contribution in [0.2, 0.25) is 0 Å². The minimum absolute atomic E-state index is 0.320. The smallest absolute Gasteiger partial charge is 0.373 e. The van der Waals surface area contributed by atoms with Crippen LogP contribution in [0.3, 0.4) is 0 Å². The summed E-state index contributed by atoms with van der Waals surface area (Å²) in [4.78, 5) is 33.5. The maximum Gasteiger partial charge on any atom is 0.373 e. The lowest BCUT2D eigenvalue weighted by molar-refractivity contribution is -0.153. The normalized spacial score (nSPS) is 22.9. The van der Waals surface area contributed by atoms with E-state index in [1.165, 1.54) is 4.90 Å². The van der Waals surface area contributed by atoms with E-state index in [1.54, 1.807) is 7.05 Å². The first-order valence-corrected chi connectivity index (χ1v) is 3.56. The van der Waals surface area contributed by atoms with Gasteiger partial charge in [-0.3, -0.25) is 9.59 Å². The monoisotopic (exact) mass is 171 g/mol. The summed E-state index contributed by atoms with van der Waals surface area (Å²) in [6.45, 7) is 0.461. The van der Waals surface area contributed by atoms with Crippen molar-refractivity contribution >= 4 is 17.7 Å². The number of carboxylic acid groups (broad SMARTS) is 1. The second-order valence-corrected chi connectivity index (χ2v) is 2.77. The van der Waals surface area contributed by atoms with E-state index < -0.39 is 17.7 Å². The molecule has 1 aliphatic heterocycles. The van der Waals surface area contributed by atoms with Gasteiger partial charge in [-0.1, -0.05) is 0 Å². The Morgan fingerprint density at radius 2 is 2.17 bits per heavy atom. The first-order valence-electron chi connectivity index (χ1n) is 3.56. The Balaban J connectivity index is 2.72.